The normalized spacial score (nSPS) is 11.1. The number of sulfonamides is 1. The fourth-order valence-electron chi connectivity index (χ4n) is 2.72. The fraction of sp³-hybridized carbons (Fsp3) is 0.143. The van der Waals surface area contributed by atoms with Gasteiger partial charge in [-0.25, -0.2) is 8.42 Å². The van der Waals surface area contributed by atoms with Crippen LogP contribution in [0.3, 0.4) is 0 Å². The quantitative estimate of drug-likeness (QED) is 0.556. The lowest BCUT2D eigenvalue weighted by atomic mass is 10.2. The summed E-state index contributed by atoms with van der Waals surface area (Å²) in [7, 11) is -0.743. The highest BCUT2D eigenvalue weighted by Gasteiger charge is 2.26. The summed E-state index contributed by atoms with van der Waals surface area (Å²) in [5, 5.41) is 0.506. The van der Waals surface area contributed by atoms with Crippen LogP contribution in [-0.2, 0) is 16.6 Å². The number of hydrogen-bond donors (Lipinski definition) is 0. The van der Waals surface area contributed by atoms with Crippen LogP contribution in [0.5, 0.6) is 11.5 Å². The summed E-state index contributed by atoms with van der Waals surface area (Å²) in [5.74, 6) is 1.23. The fourth-order valence-corrected chi connectivity index (χ4v) is 4.36. The third kappa shape index (κ3) is 4.24. The van der Waals surface area contributed by atoms with E-state index in [2.05, 4.69) is 0 Å². The summed E-state index contributed by atoms with van der Waals surface area (Å²) >= 11 is 6.28. The van der Waals surface area contributed by atoms with E-state index in [-0.39, 0.29) is 11.4 Å². The molecule has 5 nitrogen and oxygen atoms in total. The summed E-state index contributed by atoms with van der Waals surface area (Å²) in [5.41, 5.74) is 1.22. The van der Waals surface area contributed by atoms with E-state index >= 15 is 0 Å². The van der Waals surface area contributed by atoms with Crippen molar-refractivity contribution in [3.05, 3.63) is 83.4 Å². The first-order valence-electron chi connectivity index (χ1n) is 8.50. The van der Waals surface area contributed by atoms with E-state index in [1.165, 1.54) is 23.5 Å². The summed E-state index contributed by atoms with van der Waals surface area (Å²) in [4.78, 5) is 0.163. The summed E-state index contributed by atoms with van der Waals surface area (Å²) in [6, 6.07) is 20.3. The van der Waals surface area contributed by atoms with Gasteiger partial charge in [-0.1, -0.05) is 29.8 Å². The highest BCUT2D eigenvalue weighted by atomic mass is 35.5. The van der Waals surface area contributed by atoms with Gasteiger partial charge < -0.3 is 9.47 Å². The van der Waals surface area contributed by atoms with E-state index in [4.69, 9.17) is 21.1 Å². The van der Waals surface area contributed by atoms with Gasteiger partial charge >= 0.3 is 0 Å². The molecule has 0 N–H and O–H groups in total. The molecule has 0 aromatic heterocycles. The highest BCUT2D eigenvalue weighted by Crippen LogP contribution is 2.30. The Hall–Kier alpha value is -2.70. The zero-order valence-electron chi connectivity index (χ0n) is 15.5. The second-order valence-electron chi connectivity index (χ2n) is 5.98. The lowest BCUT2D eigenvalue weighted by Gasteiger charge is -2.25. The molecule has 0 amide bonds. The Bertz CT molecular complexity index is 1030. The maximum absolute atomic E-state index is 13.4. The Balaban J connectivity index is 2.06. The molecular weight excluding hydrogens is 398 g/mol. The van der Waals surface area contributed by atoms with E-state index in [0.717, 1.165) is 0 Å². The minimum Gasteiger partial charge on any atom is -0.497 e. The van der Waals surface area contributed by atoms with Gasteiger partial charge in [0.1, 0.15) is 11.5 Å². The van der Waals surface area contributed by atoms with Gasteiger partial charge in [0.05, 0.1) is 31.3 Å². The van der Waals surface area contributed by atoms with Crippen molar-refractivity contribution in [1.82, 2.24) is 0 Å². The van der Waals surface area contributed by atoms with Gasteiger partial charge in [-0.3, -0.25) is 4.31 Å². The summed E-state index contributed by atoms with van der Waals surface area (Å²) in [6.07, 6.45) is 0. The average molecular weight is 418 g/mol. The van der Waals surface area contributed by atoms with Gasteiger partial charge in [0.2, 0.25) is 0 Å². The first-order valence-corrected chi connectivity index (χ1v) is 10.3. The molecule has 0 saturated heterocycles. The van der Waals surface area contributed by atoms with E-state index in [1.807, 2.05) is 18.2 Å². The van der Waals surface area contributed by atoms with Crippen LogP contribution in [0.2, 0.25) is 5.02 Å². The number of ether oxygens (including phenoxy) is 2. The van der Waals surface area contributed by atoms with E-state index in [9.17, 15) is 8.42 Å². The van der Waals surface area contributed by atoms with Crippen molar-refractivity contribution in [1.29, 1.82) is 0 Å². The van der Waals surface area contributed by atoms with Crippen molar-refractivity contribution in [2.45, 2.75) is 11.4 Å². The van der Waals surface area contributed by atoms with Crippen molar-refractivity contribution in [3.8, 4) is 11.5 Å². The molecule has 146 valence electrons. The molecule has 3 aromatic carbocycles. The third-order valence-electron chi connectivity index (χ3n) is 4.28. The van der Waals surface area contributed by atoms with Gasteiger partial charge in [0, 0.05) is 5.02 Å². The van der Waals surface area contributed by atoms with Gasteiger partial charge in [-0.05, 0) is 60.2 Å². The Morgan fingerprint density at radius 2 is 1.36 bits per heavy atom. The monoisotopic (exact) mass is 417 g/mol. The highest BCUT2D eigenvalue weighted by molar-refractivity contribution is 7.92. The predicted octanol–water partition coefficient (Wildman–Crippen LogP) is 4.75. The number of methoxy groups -OCH3 is 2. The third-order valence-corrected chi connectivity index (χ3v) is 6.44. The van der Waals surface area contributed by atoms with Crippen LogP contribution < -0.4 is 13.8 Å². The summed E-state index contributed by atoms with van der Waals surface area (Å²) < 4.78 is 38.5. The van der Waals surface area contributed by atoms with Crippen molar-refractivity contribution in [2.75, 3.05) is 18.5 Å². The van der Waals surface area contributed by atoms with Crippen LogP contribution in [0.1, 0.15) is 5.56 Å². The molecule has 0 aliphatic rings. The molecule has 0 unspecified atom stereocenters. The molecule has 0 aliphatic heterocycles. The molecule has 0 heterocycles. The molecule has 0 atom stereocenters. The van der Waals surface area contributed by atoms with Crippen LogP contribution >= 0.6 is 11.6 Å². The molecule has 28 heavy (non-hydrogen) atoms. The maximum atomic E-state index is 13.4. The van der Waals surface area contributed by atoms with Crippen LogP contribution in [-0.4, -0.2) is 22.6 Å². The number of hydrogen-bond acceptors (Lipinski definition) is 4. The van der Waals surface area contributed by atoms with E-state index in [0.29, 0.717) is 27.8 Å². The van der Waals surface area contributed by atoms with Crippen molar-refractivity contribution in [2.24, 2.45) is 0 Å². The Morgan fingerprint density at radius 1 is 0.821 bits per heavy atom. The largest absolute Gasteiger partial charge is 0.497 e. The second-order valence-corrected chi connectivity index (χ2v) is 8.25. The molecule has 0 bridgehead atoms. The van der Waals surface area contributed by atoms with Gasteiger partial charge in [0.25, 0.3) is 10.0 Å². The lowest BCUT2D eigenvalue weighted by Crippen LogP contribution is -2.30. The van der Waals surface area contributed by atoms with Crippen LogP contribution in [0, 0.1) is 0 Å². The van der Waals surface area contributed by atoms with Gasteiger partial charge in [0.15, 0.2) is 0 Å². The molecule has 0 spiro atoms. The lowest BCUT2D eigenvalue weighted by molar-refractivity contribution is 0.414. The number of nitrogens with zero attached hydrogens (tertiary/aromatic N) is 1. The number of halogens is 1. The molecular formula is C21H20ClNO4S. The molecule has 7 heteroatoms. The predicted molar refractivity (Wildman–Crippen MR) is 111 cm³/mol. The van der Waals surface area contributed by atoms with Crippen molar-refractivity contribution < 1.29 is 17.9 Å². The number of benzene rings is 3. The smallest absolute Gasteiger partial charge is 0.264 e. The Kier molecular flexibility index (Phi) is 6.11. The SMILES string of the molecule is COc1ccc(N(Cc2ccccc2Cl)S(=O)(=O)c2ccc(OC)cc2)cc1. The molecule has 0 fully saturated rings. The first-order chi connectivity index (χ1) is 13.5. The van der Waals surface area contributed by atoms with Gasteiger partial charge in [-0.15, -0.1) is 0 Å². The van der Waals surface area contributed by atoms with Crippen LogP contribution in [0.15, 0.2) is 77.7 Å². The topological polar surface area (TPSA) is 55.8 Å². The average Bonchev–Trinajstić information content (AvgIpc) is 2.73. The van der Waals surface area contributed by atoms with E-state index < -0.39 is 10.0 Å². The van der Waals surface area contributed by atoms with Crippen molar-refractivity contribution >= 4 is 27.3 Å². The zero-order chi connectivity index (χ0) is 20.1. The Labute approximate surface area is 170 Å². The van der Waals surface area contributed by atoms with Gasteiger partial charge in [-0.2, -0.15) is 0 Å². The maximum Gasteiger partial charge on any atom is 0.264 e. The van der Waals surface area contributed by atoms with Crippen molar-refractivity contribution in [3.63, 3.8) is 0 Å². The minimum absolute atomic E-state index is 0.0976. The molecule has 0 saturated carbocycles. The minimum atomic E-state index is -3.84. The first kappa shape index (κ1) is 20.0. The van der Waals surface area contributed by atoms with Crippen LogP contribution in [0.25, 0.3) is 0 Å². The standard InChI is InChI=1S/C21H20ClNO4S/c1-26-18-9-7-17(8-10-18)23(15-16-5-3-4-6-21(16)22)28(24,25)20-13-11-19(27-2)12-14-20/h3-14H,15H2,1-2H3. The van der Waals surface area contributed by atoms with E-state index in [1.54, 1.807) is 49.6 Å². The molecule has 0 aliphatic carbocycles. The second kappa shape index (κ2) is 8.54. The number of rotatable bonds is 7. The molecule has 3 rings (SSSR count). The Morgan fingerprint density at radius 3 is 1.89 bits per heavy atom. The molecule has 0 radical (unpaired) electrons. The number of anilines is 1. The summed E-state index contributed by atoms with van der Waals surface area (Å²) in [6.45, 7) is 0.0976. The van der Waals surface area contributed by atoms with Crippen LogP contribution in [0.4, 0.5) is 5.69 Å². The zero-order valence-corrected chi connectivity index (χ0v) is 17.1. The molecule has 3 aromatic rings.